The molecule has 0 unspecified atom stereocenters. The Morgan fingerprint density at radius 2 is 1.50 bits per heavy atom. The van der Waals surface area contributed by atoms with Gasteiger partial charge in [-0.1, -0.05) is 0 Å². The van der Waals surface area contributed by atoms with Crippen molar-refractivity contribution in [2.24, 2.45) is 0 Å². The Morgan fingerprint density at radius 1 is 1.50 bits per heavy atom. The summed E-state index contributed by atoms with van der Waals surface area (Å²) in [7, 11) is 0. The summed E-state index contributed by atoms with van der Waals surface area (Å²) in [5, 5.41) is 0. The third-order valence-electron chi connectivity index (χ3n) is 0. The van der Waals surface area contributed by atoms with Crippen molar-refractivity contribution in [3.05, 3.63) is 0 Å². The fourth-order valence-electron chi connectivity index (χ4n) is 0. The average molecular weight is 273 g/mol. The van der Waals surface area contributed by atoms with Gasteiger partial charge in [-0.05, 0) is 0 Å². The van der Waals surface area contributed by atoms with Gasteiger partial charge in [0.15, 0.2) is 0 Å². The van der Waals surface area contributed by atoms with Crippen LogP contribution in [0.4, 0.5) is 0 Å². The van der Waals surface area contributed by atoms with Crippen LogP contribution in [0.3, 0.4) is 0 Å². The van der Waals surface area contributed by atoms with Gasteiger partial charge >= 0.3 is 38.0 Å². The molecule has 4 heteroatoms. The summed E-state index contributed by atoms with van der Waals surface area (Å²) in [5.41, 5.74) is 0. The van der Waals surface area contributed by atoms with Crippen LogP contribution in [0.25, 0.3) is 0 Å². The third-order valence-corrected chi connectivity index (χ3v) is 0. The summed E-state index contributed by atoms with van der Waals surface area (Å²) in [6.07, 6.45) is 0. The minimum absolute atomic E-state index is 0.429. The van der Waals surface area contributed by atoms with Crippen molar-refractivity contribution in [2.45, 2.75) is 0 Å². The summed E-state index contributed by atoms with van der Waals surface area (Å²) in [6.45, 7) is -1.75. The van der Waals surface area contributed by atoms with E-state index in [4.69, 9.17) is 8.42 Å². The van der Waals surface area contributed by atoms with Gasteiger partial charge < -0.3 is 0 Å². The SMILES string of the molecule is O=[S](=O)=[Bi]. The maximum atomic E-state index is 9.05. The Labute approximate surface area is 38.1 Å². The zero-order valence-corrected chi connectivity index (χ0v) is 5.97. The topological polar surface area (TPSA) is 34.1 Å². The molecule has 4 heavy (non-hydrogen) atoms. The molecule has 23 valence electrons. The van der Waals surface area contributed by atoms with E-state index in [9.17, 15) is 0 Å². The van der Waals surface area contributed by atoms with Gasteiger partial charge in [0, 0.05) is 0 Å². The molecule has 0 saturated heterocycles. The molecule has 0 aliphatic heterocycles. The molecule has 2 nitrogen and oxygen atoms in total. The second kappa shape index (κ2) is 1.97. The molecule has 0 bridgehead atoms. The number of hydrogen-bond donors (Lipinski definition) is 0. The minimum atomic E-state index is -1.75. The van der Waals surface area contributed by atoms with Gasteiger partial charge in [-0.2, -0.15) is 0 Å². The van der Waals surface area contributed by atoms with Gasteiger partial charge in [-0.25, -0.2) is 0 Å². The zero-order chi connectivity index (χ0) is 3.58. The summed E-state index contributed by atoms with van der Waals surface area (Å²) < 4.78 is 18.1. The van der Waals surface area contributed by atoms with E-state index in [1.165, 1.54) is 0 Å². The number of rotatable bonds is 0. The molecule has 0 amide bonds. The van der Waals surface area contributed by atoms with Crippen LogP contribution in [0, 0.1) is 0 Å². The predicted molar refractivity (Wildman–Crippen MR) is 14.7 cm³/mol. The Balaban J connectivity index is 4.65. The van der Waals surface area contributed by atoms with Gasteiger partial charge in [-0.3, -0.25) is 0 Å². The van der Waals surface area contributed by atoms with Crippen molar-refractivity contribution in [3.8, 4) is 0 Å². The fraction of sp³-hybridized carbons (Fsp3) is 0. The van der Waals surface area contributed by atoms with Crippen molar-refractivity contribution in [1.29, 1.82) is 0 Å². The quantitative estimate of drug-likeness (QED) is 0.528. The van der Waals surface area contributed by atoms with Crippen LogP contribution in [0.15, 0.2) is 0 Å². The third kappa shape index (κ3) is 15.9. The fourth-order valence-corrected chi connectivity index (χ4v) is 0. The average Bonchev–Trinajstić information content (AvgIpc) is 0.811. The Morgan fingerprint density at radius 3 is 1.50 bits per heavy atom. The molecule has 0 spiro atoms. The van der Waals surface area contributed by atoms with Crippen LogP contribution < -0.4 is 0 Å². The van der Waals surface area contributed by atoms with Crippen LogP contribution >= 0.6 is 0 Å². The summed E-state index contributed by atoms with van der Waals surface area (Å²) >= 11 is 0.429. The molecule has 0 rings (SSSR count). The molecular formula is BiO2S. The zero-order valence-electron chi connectivity index (χ0n) is 1.67. The number of hydrogen-bond acceptors (Lipinski definition) is 2. The maximum absolute atomic E-state index is 9.05. The molecule has 0 saturated carbocycles. The first kappa shape index (κ1) is 4.70. The van der Waals surface area contributed by atoms with Crippen LogP contribution in [0.1, 0.15) is 0 Å². The first-order valence-corrected chi connectivity index (χ1v) is 5.81. The normalized spacial score (nSPS) is 6.00. The standard InChI is InChI=1S/Bi.O2S/c;1-3-2. The predicted octanol–water partition coefficient (Wildman–Crippen LogP) is -1.05. The molecular weight excluding hydrogens is 273 g/mol. The van der Waals surface area contributed by atoms with Crippen molar-refractivity contribution in [2.75, 3.05) is 0 Å². The van der Waals surface area contributed by atoms with E-state index in [-0.39, 0.29) is 0 Å². The second-order valence-electron chi connectivity index (χ2n) is 0.217. The molecule has 0 fully saturated rings. The van der Waals surface area contributed by atoms with E-state index in [0.717, 1.165) is 0 Å². The van der Waals surface area contributed by atoms with Crippen molar-refractivity contribution in [1.82, 2.24) is 0 Å². The molecule has 0 aliphatic rings. The summed E-state index contributed by atoms with van der Waals surface area (Å²) in [5.74, 6) is 0. The molecule has 0 heterocycles. The van der Waals surface area contributed by atoms with Gasteiger partial charge in [0.1, 0.15) is 0 Å². The molecule has 1 radical (unpaired) electrons. The van der Waals surface area contributed by atoms with E-state index in [0.29, 0.717) is 22.7 Å². The van der Waals surface area contributed by atoms with Crippen molar-refractivity contribution < 1.29 is 8.42 Å². The van der Waals surface area contributed by atoms with Crippen LogP contribution in [0.5, 0.6) is 0 Å². The van der Waals surface area contributed by atoms with Crippen LogP contribution in [-0.4, -0.2) is 31.1 Å². The molecule has 0 aromatic rings. The van der Waals surface area contributed by atoms with Gasteiger partial charge in [0.05, 0.1) is 0 Å². The Bertz CT molecular complexity index is 75.4. The molecule has 0 aromatic carbocycles. The molecule has 0 aromatic heterocycles. The van der Waals surface area contributed by atoms with Gasteiger partial charge in [-0.15, -0.1) is 0 Å². The van der Waals surface area contributed by atoms with E-state index in [2.05, 4.69) is 0 Å². The molecule has 0 N–H and O–H groups in total. The first-order chi connectivity index (χ1) is 1.73. The Kier molecular flexibility index (Phi) is 2.32. The second-order valence-corrected chi connectivity index (χ2v) is 4.13. The monoisotopic (exact) mass is 273 g/mol. The van der Waals surface area contributed by atoms with Gasteiger partial charge in [0.2, 0.25) is 0 Å². The summed E-state index contributed by atoms with van der Waals surface area (Å²) in [6, 6.07) is 0. The van der Waals surface area contributed by atoms with E-state index >= 15 is 0 Å². The van der Waals surface area contributed by atoms with Crippen molar-refractivity contribution >= 4 is 29.6 Å². The van der Waals surface area contributed by atoms with Gasteiger partial charge in [0.25, 0.3) is 0 Å². The van der Waals surface area contributed by atoms with Crippen molar-refractivity contribution in [3.63, 3.8) is 0 Å². The van der Waals surface area contributed by atoms with E-state index in [1.807, 2.05) is 0 Å². The first-order valence-electron chi connectivity index (χ1n) is 0.516. The Hall–Kier alpha value is 0.703. The summed E-state index contributed by atoms with van der Waals surface area (Å²) in [4.78, 5) is 0. The van der Waals surface area contributed by atoms with Crippen LogP contribution in [-0.2, 0) is 6.93 Å². The van der Waals surface area contributed by atoms with E-state index < -0.39 is 6.93 Å². The van der Waals surface area contributed by atoms with E-state index in [1.54, 1.807) is 0 Å². The molecule has 0 atom stereocenters. The van der Waals surface area contributed by atoms with Crippen LogP contribution in [0.2, 0.25) is 0 Å². The molecule has 0 aliphatic carbocycles.